The van der Waals surface area contributed by atoms with Crippen LogP contribution in [0.15, 0.2) is 24.3 Å². The van der Waals surface area contributed by atoms with Crippen molar-refractivity contribution >= 4 is 0 Å². The molecule has 0 atom stereocenters. The maximum Gasteiger partial charge on any atom is 0.143 e. The Hall–Kier alpha value is -2.10. The first-order chi connectivity index (χ1) is 7.58. The first kappa shape index (κ1) is 10.4. The summed E-state index contributed by atoms with van der Waals surface area (Å²) in [5, 5.41) is 19.4. The zero-order valence-corrected chi connectivity index (χ0v) is 9.10. The molecule has 2 heterocycles. The summed E-state index contributed by atoms with van der Waals surface area (Å²) in [4.78, 5) is 8.34. The summed E-state index contributed by atoms with van der Waals surface area (Å²) in [5.74, 6) is 0.0259. The fourth-order valence-electron chi connectivity index (χ4n) is 1.45. The number of aryl methyl sites for hydroxylation is 2. The van der Waals surface area contributed by atoms with Crippen LogP contribution in [-0.2, 0) is 0 Å². The first-order valence-electron chi connectivity index (χ1n) is 4.91. The predicted molar refractivity (Wildman–Crippen MR) is 60.3 cm³/mol. The Kier molecular flexibility index (Phi) is 2.48. The molecule has 2 rings (SSSR count). The van der Waals surface area contributed by atoms with Crippen LogP contribution < -0.4 is 0 Å². The van der Waals surface area contributed by atoms with Gasteiger partial charge in [-0.15, -0.1) is 0 Å². The summed E-state index contributed by atoms with van der Waals surface area (Å²) in [5.41, 5.74) is 2.13. The zero-order chi connectivity index (χ0) is 11.7. The third-order valence-electron chi connectivity index (χ3n) is 2.25. The molecule has 0 bridgehead atoms. The first-order valence-corrected chi connectivity index (χ1v) is 4.91. The highest BCUT2D eigenvalue weighted by Crippen LogP contribution is 2.31. The summed E-state index contributed by atoms with van der Waals surface area (Å²) >= 11 is 0. The minimum absolute atomic E-state index is 0.0130. The third-order valence-corrected chi connectivity index (χ3v) is 2.25. The SMILES string of the molecule is Cc1ccc(O)c(-c2nc(C)ccc2O)n1. The Labute approximate surface area is 93.2 Å². The van der Waals surface area contributed by atoms with Crippen LogP contribution in [0.3, 0.4) is 0 Å². The molecule has 0 aliphatic rings. The molecule has 0 spiro atoms. The number of aromatic hydroxyl groups is 2. The minimum Gasteiger partial charge on any atom is -0.506 e. The van der Waals surface area contributed by atoms with Gasteiger partial charge in [0.15, 0.2) is 0 Å². The fourth-order valence-corrected chi connectivity index (χ4v) is 1.45. The smallest absolute Gasteiger partial charge is 0.143 e. The van der Waals surface area contributed by atoms with Crippen molar-refractivity contribution in [2.45, 2.75) is 13.8 Å². The quantitative estimate of drug-likeness (QED) is 0.766. The molecule has 4 nitrogen and oxygen atoms in total. The standard InChI is InChI=1S/C12H12N2O2/c1-7-3-5-9(15)11(13-7)12-10(16)6-4-8(2)14-12/h3-6,15-16H,1-2H3. The zero-order valence-electron chi connectivity index (χ0n) is 9.10. The predicted octanol–water partition coefficient (Wildman–Crippen LogP) is 2.17. The van der Waals surface area contributed by atoms with E-state index < -0.39 is 0 Å². The second-order valence-corrected chi connectivity index (χ2v) is 3.64. The molecule has 0 saturated carbocycles. The maximum atomic E-state index is 9.69. The summed E-state index contributed by atoms with van der Waals surface area (Å²) in [6.45, 7) is 3.63. The number of nitrogens with zero attached hydrogens (tertiary/aromatic N) is 2. The van der Waals surface area contributed by atoms with Crippen molar-refractivity contribution in [3.63, 3.8) is 0 Å². The van der Waals surface area contributed by atoms with Crippen LogP contribution in [0.25, 0.3) is 11.4 Å². The van der Waals surface area contributed by atoms with E-state index >= 15 is 0 Å². The molecule has 0 saturated heterocycles. The summed E-state index contributed by atoms with van der Waals surface area (Å²) in [6.07, 6.45) is 0. The van der Waals surface area contributed by atoms with E-state index in [0.29, 0.717) is 11.4 Å². The number of aromatic nitrogens is 2. The fraction of sp³-hybridized carbons (Fsp3) is 0.167. The molecule has 0 unspecified atom stereocenters. The van der Waals surface area contributed by atoms with Gasteiger partial charge >= 0.3 is 0 Å². The molecule has 0 aliphatic heterocycles. The topological polar surface area (TPSA) is 66.2 Å². The van der Waals surface area contributed by atoms with E-state index in [1.165, 1.54) is 0 Å². The summed E-state index contributed by atoms with van der Waals surface area (Å²) < 4.78 is 0. The van der Waals surface area contributed by atoms with Gasteiger partial charge in [-0.25, -0.2) is 9.97 Å². The molecule has 2 aromatic heterocycles. The highest BCUT2D eigenvalue weighted by molar-refractivity contribution is 5.68. The van der Waals surface area contributed by atoms with E-state index in [0.717, 1.165) is 11.4 Å². The lowest BCUT2D eigenvalue weighted by Crippen LogP contribution is -1.92. The van der Waals surface area contributed by atoms with Gasteiger partial charge in [0.05, 0.1) is 0 Å². The molecule has 2 aromatic rings. The van der Waals surface area contributed by atoms with E-state index in [4.69, 9.17) is 0 Å². The van der Waals surface area contributed by atoms with E-state index in [1.54, 1.807) is 24.3 Å². The number of pyridine rings is 2. The molecule has 0 aliphatic carbocycles. The van der Waals surface area contributed by atoms with Crippen molar-refractivity contribution in [1.82, 2.24) is 9.97 Å². The molecule has 4 heteroatoms. The Morgan fingerprint density at radius 3 is 1.50 bits per heavy atom. The van der Waals surface area contributed by atoms with E-state index in [2.05, 4.69) is 9.97 Å². The van der Waals surface area contributed by atoms with Crippen LogP contribution in [0.5, 0.6) is 11.5 Å². The minimum atomic E-state index is 0.0130. The lowest BCUT2D eigenvalue weighted by molar-refractivity contribution is 0.465. The van der Waals surface area contributed by atoms with Crippen molar-refractivity contribution < 1.29 is 10.2 Å². The van der Waals surface area contributed by atoms with Crippen molar-refractivity contribution in [2.75, 3.05) is 0 Å². The molecular formula is C12H12N2O2. The highest BCUT2D eigenvalue weighted by atomic mass is 16.3. The molecule has 0 radical (unpaired) electrons. The molecule has 0 fully saturated rings. The van der Waals surface area contributed by atoms with Gasteiger partial charge in [0.2, 0.25) is 0 Å². The molecular weight excluding hydrogens is 204 g/mol. The highest BCUT2D eigenvalue weighted by Gasteiger charge is 2.12. The third kappa shape index (κ3) is 1.82. The molecule has 16 heavy (non-hydrogen) atoms. The van der Waals surface area contributed by atoms with Gasteiger partial charge in [-0.05, 0) is 38.1 Å². The van der Waals surface area contributed by atoms with Gasteiger partial charge in [-0.3, -0.25) is 0 Å². The Morgan fingerprint density at radius 1 is 0.750 bits per heavy atom. The monoisotopic (exact) mass is 216 g/mol. The largest absolute Gasteiger partial charge is 0.506 e. The van der Waals surface area contributed by atoms with E-state index in [-0.39, 0.29) is 11.5 Å². The average molecular weight is 216 g/mol. The molecule has 0 aromatic carbocycles. The maximum absolute atomic E-state index is 9.69. The van der Waals surface area contributed by atoms with Crippen molar-refractivity contribution in [3.05, 3.63) is 35.7 Å². The number of rotatable bonds is 1. The normalized spacial score (nSPS) is 10.4. The van der Waals surface area contributed by atoms with Crippen molar-refractivity contribution in [1.29, 1.82) is 0 Å². The van der Waals surface area contributed by atoms with E-state index in [9.17, 15) is 10.2 Å². The average Bonchev–Trinajstić information content (AvgIpc) is 2.25. The van der Waals surface area contributed by atoms with Crippen LogP contribution in [0, 0.1) is 13.8 Å². The van der Waals surface area contributed by atoms with Crippen LogP contribution in [0.1, 0.15) is 11.4 Å². The summed E-state index contributed by atoms with van der Waals surface area (Å²) in [6, 6.07) is 6.49. The summed E-state index contributed by atoms with van der Waals surface area (Å²) in [7, 11) is 0. The second kappa shape index (κ2) is 3.81. The van der Waals surface area contributed by atoms with Crippen molar-refractivity contribution in [3.8, 4) is 22.9 Å². The Morgan fingerprint density at radius 2 is 1.12 bits per heavy atom. The molecule has 82 valence electrons. The van der Waals surface area contributed by atoms with Crippen LogP contribution in [-0.4, -0.2) is 20.2 Å². The Balaban J connectivity index is 2.66. The van der Waals surface area contributed by atoms with Gasteiger partial charge in [-0.2, -0.15) is 0 Å². The van der Waals surface area contributed by atoms with Gasteiger partial charge in [0.25, 0.3) is 0 Å². The van der Waals surface area contributed by atoms with Gasteiger partial charge in [0, 0.05) is 11.4 Å². The lowest BCUT2D eigenvalue weighted by atomic mass is 10.2. The van der Waals surface area contributed by atoms with Crippen LogP contribution >= 0.6 is 0 Å². The lowest BCUT2D eigenvalue weighted by Gasteiger charge is -2.06. The Bertz CT molecular complexity index is 489. The van der Waals surface area contributed by atoms with Gasteiger partial charge in [0.1, 0.15) is 22.9 Å². The molecule has 0 amide bonds. The van der Waals surface area contributed by atoms with Gasteiger partial charge in [-0.1, -0.05) is 0 Å². The van der Waals surface area contributed by atoms with Crippen LogP contribution in [0.2, 0.25) is 0 Å². The number of hydrogen-bond donors (Lipinski definition) is 2. The number of hydrogen-bond acceptors (Lipinski definition) is 4. The van der Waals surface area contributed by atoms with Crippen LogP contribution in [0.4, 0.5) is 0 Å². The second-order valence-electron chi connectivity index (χ2n) is 3.64. The molecule has 2 N–H and O–H groups in total. The van der Waals surface area contributed by atoms with E-state index in [1.807, 2.05) is 13.8 Å². The van der Waals surface area contributed by atoms with Crippen molar-refractivity contribution in [2.24, 2.45) is 0 Å². The van der Waals surface area contributed by atoms with Gasteiger partial charge < -0.3 is 10.2 Å².